The Labute approximate surface area is 111 Å². The third kappa shape index (κ3) is 3.79. The van der Waals surface area contributed by atoms with Gasteiger partial charge in [-0.2, -0.15) is 5.06 Å². The molecule has 1 aromatic rings. The minimum atomic E-state index is 0.0582. The van der Waals surface area contributed by atoms with Crippen LogP contribution in [0.25, 0.3) is 0 Å². The number of benzene rings is 1. The smallest absolute Gasteiger partial charge is 0.0467 e. The Morgan fingerprint density at radius 3 is 2.19 bits per heavy atom. The van der Waals surface area contributed by atoms with Crippen molar-refractivity contribution >= 4 is 34.8 Å². The van der Waals surface area contributed by atoms with Gasteiger partial charge in [-0.05, 0) is 37.5 Å². The van der Waals surface area contributed by atoms with Crippen LogP contribution in [-0.4, -0.2) is 23.4 Å². The number of halogens is 3. The zero-order valence-corrected chi connectivity index (χ0v) is 11.4. The second-order valence-electron chi connectivity index (χ2n) is 3.81. The highest BCUT2D eigenvalue weighted by Crippen LogP contribution is 2.30. The van der Waals surface area contributed by atoms with Gasteiger partial charge in [0.2, 0.25) is 0 Å². The van der Waals surface area contributed by atoms with Crippen LogP contribution in [0.15, 0.2) is 12.1 Å². The predicted molar refractivity (Wildman–Crippen MR) is 68.8 cm³/mol. The van der Waals surface area contributed by atoms with Gasteiger partial charge in [-0.1, -0.05) is 34.8 Å². The number of rotatable bonds is 4. The van der Waals surface area contributed by atoms with Gasteiger partial charge in [-0.15, -0.1) is 0 Å². The lowest BCUT2D eigenvalue weighted by molar-refractivity contribution is -0.0984. The van der Waals surface area contributed by atoms with E-state index in [2.05, 4.69) is 0 Å². The van der Waals surface area contributed by atoms with Crippen LogP contribution in [-0.2, 0) is 6.42 Å². The molecular weight excluding hydrogens is 268 g/mol. The molecule has 1 unspecified atom stereocenters. The summed E-state index contributed by atoms with van der Waals surface area (Å²) in [6, 6.07) is 3.41. The van der Waals surface area contributed by atoms with E-state index in [0.29, 0.717) is 21.5 Å². The van der Waals surface area contributed by atoms with Crippen molar-refractivity contribution in [2.75, 3.05) is 7.05 Å². The standard InChI is InChI=1S/C11H14Cl3NO/c1-7(15(2)16)3-4-9-10(13)5-8(12)6-11(9)14/h5-7,16H,3-4H2,1-2H3. The molecule has 0 saturated carbocycles. The Morgan fingerprint density at radius 1 is 1.25 bits per heavy atom. The molecule has 0 bridgehead atoms. The average molecular weight is 283 g/mol. The highest BCUT2D eigenvalue weighted by Gasteiger charge is 2.11. The highest BCUT2D eigenvalue weighted by molar-refractivity contribution is 6.39. The summed E-state index contributed by atoms with van der Waals surface area (Å²) in [5.41, 5.74) is 0.876. The van der Waals surface area contributed by atoms with E-state index in [1.54, 1.807) is 19.2 Å². The fourth-order valence-corrected chi connectivity index (χ4v) is 2.36. The second-order valence-corrected chi connectivity index (χ2v) is 5.06. The van der Waals surface area contributed by atoms with E-state index in [9.17, 15) is 5.21 Å². The Hall–Kier alpha value is 0.01000. The van der Waals surface area contributed by atoms with Crippen LogP contribution in [0, 0.1) is 0 Å². The first-order valence-corrected chi connectivity index (χ1v) is 6.10. The minimum absolute atomic E-state index is 0.0582. The van der Waals surface area contributed by atoms with Crippen molar-refractivity contribution in [3.8, 4) is 0 Å². The van der Waals surface area contributed by atoms with Gasteiger partial charge < -0.3 is 5.21 Å². The van der Waals surface area contributed by atoms with Gasteiger partial charge in [0.05, 0.1) is 0 Å². The fourth-order valence-electron chi connectivity index (χ4n) is 1.35. The monoisotopic (exact) mass is 281 g/mol. The van der Waals surface area contributed by atoms with Crippen LogP contribution in [0.4, 0.5) is 0 Å². The Balaban J connectivity index is 2.74. The van der Waals surface area contributed by atoms with Crippen molar-refractivity contribution in [2.45, 2.75) is 25.8 Å². The molecule has 1 atom stereocenters. The molecule has 0 aliphatic carbocycles. The minimum Gasteiger partial charge on any atom is -0.314 e. The van der Waals surface area contributed by atoms with Crippen LogP contribution in [0.2, 0.25) is 15.1 Å². The van der Waals surface area contributed by atoms with Crippen LogP contribution < -0.4 is 0 Å². The van der Waals surface area contributed by atoms with Gasteiger partial charge in [0.15, 0.2) is 0 Å². The topological polar surface area (TPSA) is 23.5 Å². The van der Waals surface area contributed by atoms with E-state index in [1.807, 2.05) is 6.92 Å². The van der Waals surface area contributed by atoms with Gasteiger partial charge in [-0.25, -0.2) is 0 Å². The average Bonchev–Trinajstić information content (AvgIpc) is 2.15. The summed E-state index contributed by atoms with van der Waals surface area (Å²) in [5.74, 6) is 0. The van der Waals surface area contributed by atoms with Crippen LogP contribution in [0.3, 0.4) is 0 Å². The zero-order valence-electron chi connectivity index (χ0n) is 9.17. The van der Waals surface area contributed by atoms with Gasteiger partial charge in [-0.3, -0.25) is 0 Å². The summed E-state index contributed by atoms with van der Waals surface area (Å²) in [7, 11) is 1.62. The SMILES string of the molecule is CC(CCc1c(Cl)cc(Cl)cc1Cl)N(C)O. The molecule has 0 aliphatic heterocycles. The van der Waals surface area contributed by atoms with E-state index in [4.69, 9.17) is 34.8 Å². The lowest BCUT2D eigenvalue weighted by Crippen LogP contribution is -2.25. The third-order valence-corrected chi connectivity index (χ3v) is 3.45. The third-order valence-electron chi connectivity index (χ3n) is 2.56. The molecule has 0 saturated heterocycles. The largest absolute Gasteiger partial charge is 0.314 e. The van der Waals surface area contributed by atoms with Gasteiger partial charge in [0, 0.05) is 28.2 Å². The molecule has 5 heteroatoms. The lowest BCUT2D eigenvalue weighted by Gasteiger charge is -2.18. The summed E-state index contributed by atoms with van der Waals surface area (Å²) < 4.78 is 0. The Kier molecular flexibility index (Phi) is 5.35. The first-order chi connectivity index (χ1) is 7.41. The van der Waals surface area contributed by atoms with Crippen LogP contribution in [0.1, 0.15) is 18.9 Å². The van der Waals surface area contributed by atoms with Crippen molar-refractivity contribution in [3.63, 3.8) is 0 Å². The molecule has 0 heterocycles. The van der Waals surface area contributed by atoms with E-state index in [0.717, 1.165) is 12.0 Å². The number of hydrogen-bond donors (Lipinski definition) is 1. The zero-order chi connectivity index (χ0) is 12.3. The van der Waals surface area contributed by atoms with E-state index in [1.165, 1.54) is 5.06 Å². The molecule has 1 rings (SSSR count). The maximum atomic E-state index is 9.23. The number of hydrogen-bond acceptors (Lipinski definition) is 2. The molecule has 0 amide bonds. The summed E-state index contributed by atoms with van der Waals surface area (Å²) in [6.07, 6.45) is 1.48. The van der Waals surface area contributed by atoms with E-state index >= 15 is 0 Å². The summed E-state index contributed by atoms with van der Waals surface area (Å²) in [4.78, 5) is 0. The second kappa shape index (κ2) is 6.08. The van der Waals surface area contributed by atoms with Crippen molar-refractivity contribution < 1.29 is 5.21 Å². The first kappa shape index (κ1) is 14.1. The van der Waals surface area contributed by atoms with E-state index in [-0.39, 0.29) is 6.04 Å². The molecule has 1 aromatic carbocycles. The van der Waals surface area contributed by atoms with Crippen molar-refractivity contribution in [2.24, 2.45) is 0 Å². The molecule has 1 N–H and O–H groups in total. The molecular formula is C11H14Cl3NO. The van der Waals surface area contributed by atoms with Gasteiger partial charge in [0.1, 0.15) is 0 Å². The van der Waals surface area contributed by atoms with Crippen molar-refractivity contribution in [1.82, 2.24) is 5.06 Å². The van der Waals surface area contributed by atoms with Gasteiger partial charge in [0.25, 0.3) is 0 Å². The maximum Gasteiger partial charge on any atom is 0.0467 e. The first-order valence-electron chi connectivity index (χ1n) is 4.97. The Bertz CT molecular complexity index is 345. The lowest BCUT2D eigenvalue weighted by atomic mass is 10.1. The normalized spacial score (nSPS) is 13.2. The van der Waals surface area contributed by atoms with Gasteiger partial charge >= 0.3 is 0 Å². The number of nitrogens with zero attached hydrogens (tertiary/aromatic N) is 1. The van der Waals surface area contributed by atoms with Crippen LogP contribution in [0.5, 0.6) is 0 Å². The van der Waals surface area contributed by atoms with Crippen molar-refractivity contribution in [1.29, 1.82) is 0 Å². The summed E-state index contributed by atoms with van der Waals surface area (Å²) in [5, 5.41) is 12.1. The molecule has 0 fully saturated rings. The molecule has 16 heavy (non-hydrogen) atoms. The summed E-state index contributed by atoms with van der Waals surface area (Å²) >= 11 is 17.9. The van der Waals surface area contributed by atoms with E-state index < -0.39 is 0 Å². The molecule has 0 radical (unpaired) electrons. The van der Waals surface area contributed by atoms with Crippen LogP contribution >= 0.6 is 34.8 Å². The fraction of sp³-hybridized carbons (Fsp3) is 0.455. The molecule has 0 aromatic heterocycles. The maximum absolute atomic E-state index is 9.23. The number of hydroxylamine groups is 2. The molecule has 90 valence electrons. The molecule has 2 nitrogen and oxygen atoms in total. The predicted octanol–water partition coefficient (Wildman–Crippen LogP) is 4.29. The quantitative estimate of drug-likeness (QED) is 0.833. The van der Waals surface area contributed by atoms with Crippen molar-refractivity contribution in [3.05, 3.63) is 32.8 Å². The molecule has 0 aliphatic rings. The highest BCUT2D eigenvalue weighted by atomic mass is 35.5. The summed E-state index contributed by atoms with van der Waals surface area (Å²) in [6.45, 7) is 1.93. The Morgan fingerprint density at radius 2 is 1.75 bits per heavy atom. The molecule has 0 spiro atoms.